The second-order valence-corrected chi connectivity index (χ2v) is 8.89. The number of furan rings is 1. The van der Waals surface area contributed by atoms with Crippen LogP contribution >= 0.6 is 0 Å². The molecule has 176 valence electrons. The lowest BCUT2D eigenvalue weighted by Crippen LogP contribution is -2.45. The van der Waals surface area contributed by atoms with E-state index >= 15 is 0 Å². The first kappa shape index (κ1) is 22.1. The maximum Gasteiger partial charge on any atom is 0.322 e. The molecule has 9 heteroatoms. The number of nitrogens with two attached hydrogens (primary N) is 1. The lowest BCUT2D eigenvalue weighted by atomic mass is 9.88. The van der Waals surface area contributed by atoms with Gasteiger partial charge in [-0.25, -0.2) is 9.78 Å². The summed E-state index contributed by atoms with van der Waals surface area (Å²) in [4.78, 5) is 45.8. The van der Waals surface area contributed by atoms with Gasteiger partial charge in [-0.1, -0.05) is 30.3 Å². The number of likely N-dealkylation sites (tertiary alicyclic amines) is 2. The number of hydrogen-bond donors (Lipinski definition) is 2. The Kier molecular flexibility index (Phi) is 6.02. The van der Waals surface area contributed by atoms with E-state index in [1.807, 2.05) is 30.3 Å². The average Bonchev–Trinajstić information content (AvgIpc) is 3.50. The largest absolute Gasteiger partial charge is 0.430 e. The smallest absolute Gasteiger partial charge is 0.322 e. The van der Waals surface area contributed by atoms with Crippen molar-refractivity contribution in [3.05, 3.63) is 60.0 Å². The Bertz CT molecular complexity index is 1220. The van der Waals surface area contributed by atoms with Gasteiger partial charge in [-0.2, -0.15) is 0 Å². The van der Waals surface area contributed by atoms with Gasteiger partial charge in [0.25, 0.3) is 5.91 Å². The summed E-state index contributed by atoms with van der Waals surface area (Å²) in [6, 6.07) is 12.9. The monoisotopic (exact) mass is 461 g/mol. The number of piperidine rings is 1. The van der Waals surface area contributed by atoms with Crippen LogP contribution in [-0.2, 0) is 0 Å². The first-order valence-corrected chi connectivity index (χ1v) is 11.6. The molecule has 4 heterocycles. The highest BCUT2D eigenvalue weighted by Gasteiger charge is 2.35. The molecule has 0 radical (unpaired) electrons. The zero-order valence-electron chi connectivity index (χ0n) is 18.8. The molecule has 9 nitrogen and oxygen atoms in total. The topological polar surface area (TPSA) is 122 Å². The predicted molar refractivity (Wildman–Crippen MR) is 127 cm³/mol. The molecule has 34 heavy (non-hydrogen) atoms. The number of carbonyl (C=O) groups is 3. The maximum atomic E-state index is 13.0. The quantitative estimate of drug-likeness (QED) is 0.563. The first-order chi connectivity index (χ1) is 16.5. The number of urea groups is 1. The SMILES string of the molecule is NC(=O)c1oc2ncccc2c1NC(=O)N1CCC(N2CCC(C(=O)c3ccccc3)CC2)C1. The van der Waals surface area contributed by atoms with E-state index in [9.17, 15) is 14.4 Å². The third-order valence-electron chi connectivity index (χ3n) is 6.85. The van der Waals surface area contributed by atoms with Crippen molar-refractivity contribution in [3.63, 3.8) is 0 Å². The zero-order chi connectivity index (χ0) is 23.7. The highest BCUT2D eigenvalue weighted by atomic mass is 16.4. The summed E-state index contributed by atoms with van der Waals surface area (Å²) >= 11 is 0. The molecule has 0 aliphatic carbocycles. The van der Waals surface area contributed by atoms with E-state index < -0.39 is 5.91 Å². The second kappa shape index (κ2) is 9.26. The number of amides is 3. The van der Waals surface area contributed by atoms with Crippen LogP contribution in [0.2, 0.25) is 0 Å². The number of ketones is 1. The van der Waals surface area contributed by atoms with E-state index in [4.69, 9.17) is 10.2 Å². The first-order valence-electron chi connectivity index (χ1n) is 11.6. The molecule has 2 fully saturated rings. The van der Waals surface area contributed by atoms with Gasteiger partial charge in [0.15, 0.2) is 5.78 Å². The highest BCUT2D eigenvalue weighted by molar-refractivity contribution is 6.09. The molecular weight excluding hydrogens is 434 g/mol. The molecule has 1 atom stereocenters. The summed E-state index contributed by atoms with van der Waals surface area (Å²) in [7, 11) is 0. The lowest BCUT2D eigenvalue weighted by molar-refractivity contribution is 0.0797. The molecular formula is C25H27N5O4. The van der Waals surface area contributed by atoms with Crippen molar-refractivity contribution >= 4 is 34.5 Å². The van der Waals surface area contributed by atoms with Crippen molar-refractivity contribution in [2.24, 2.45) is 11.7 Å². The Morgan fingerprint density at radius 1 is 1.00 bits per heavy atom. The second-order valence-electron chi connectivity index (χ2n) is 8.89. The van der Waals surface area contributed by atoms with Gasteiger partial charge in [-0.3, -0.25) is 14.5 Å². The molecule has 0 bridgehead atoms. The van der Waals surface area contributed by atoms with E-state index in [1.165, 1.54) is 0 Å². The van der Waals surface area contributed by atoms with E-state index in [-0.39, 0.29) is 40.9 Å². The van der Waals surface area contributed by atoms with Crippen molar-refractivity contribution in [1.29, 1.82) is 0 Å². The number of primary amides is 1. The van der Waals surface area contributed by atoms with Gasteiger partial charge < -0.3 is 20.4 Å². The number of aromatic nitrogens is 1. The van der Waals surface area contributed by atoms with Crippen LogP contribution in [0.4, 0.5) is 10.5 Å². The third-order valence-corrected chi connectivity index (χ3v) is 6.85. The number of anilines is 1. The maximum absolute atomic E-state index is 13.0. The fourth-order valence-corrected chi connectivity index (χ4v) is 5.01. The zero-order valence-corrected chi connectivity index (χ0v) is 18.8. The number of hydrogen-bond acceptors (Lipinski definition) is 6. The minimum absolute atomic E-state index is 0.0506. The van der Waals surface area contributed by atoms with Crippen molar-refractivity contribution in [2.75, 3.05) is 31.5 Å². The standard InChI is InChI=1S/C25H27N5O4/c26-23(32)22-20(19-7-4-11-27-24(19)34-22)28-25(33)30-14-10-18(15-30)29-12-8-17(9-13-29)21(31)16-5-2-1-3-6-16/h1-7,11,17-18H,8-10,12-15H2,(H2,26,32)(H,28,33). The summed E-state index contributed by atoms with van der Waals surface area (Å²) in [6.07, 6.45) is 4.06. The van der Waals surface area contributed by atoms with Crippen LogP contribution < -0.4 is 11.1 Å². The normalized spacial score (nSPS) is 19.4. The highest BCUT2D eigenvalue weighted by Crippen LogP contribution is 2.30. The van der Waals surface area contributed by atoms with Gasteiger partial charge in [0.05, 0.1) is 5.39 Å². The van der Waals surface area contributed by atoms with E-state index in [0.29, 0.717) is 18.5 Å². The molecule has 2 aliphatic rings. The Morgan fingerprint density at radius 3 is 2.50 bits per heavy atom. The number of Topliss-reactive ketones (excluding diaryl/α,β-unsaturated/α-hetero) is 1. The van der Waals surface area contributed by atoms with Crippen LogP contribution in [0.1, 0.15) is 40.2 Å². The molecule has 3 amide bonds. The van der Waals surface area contributed by atoms with Gasteiger partial charge in [0.1, 0.15) is 5.69 Å². The van der Waals surface area contributed by atoms with Gasteiger partial charge in [-0.05, 0) is 44.5 Å². The van der Waals surface area contributed by atoms with Crippen LogP contribution in [0.5, 0.6) is 0 Å². The molecule has 0 spiro atoms. The predicted octanol–water partition coefficient (Wildman–Crippen LogP) is 3.13. The molecule has 2 aliphatic heterocycles. The summed E-state index contributed by atoms with van der Waals surface area (Å²) in [6.45, 7) is 2.88. The minimum atomic E-state index is -0.763. The molecule has 3 aromatic rings. The number of rotatable bonds is 5. The summed E-state index contributed by atoms with van der Waals surface area (Å²) in [5.74, 6) is -0.599. The van der Waals surface area contributed by atoms with E-state index in [0.717, 1.165) is 37.9 Å². The van der Waals surface area contributed by atoms with Crippen LogP contribution in [-0.4, -0.2) is 64.7 Å². The Labute approximate surface area is 196 Å². The van der Waals surface area contributed by atoms with Crippen molar-refractivity contribution in [2.45, 2.75) is 25.3 Å². The summed E-state index contributed by atoms with van der Waals surface area (Å²) < 4.78 is 5.45. The van der Waals surface area contributed by atoms with Gasteiger partial charge in [0.2, 0.25) is 11.5 Å². The van der Waals surface area contributed by atoms with Gasteiger partial charge in [-0.15, -0.1) is 0 Å². The number of benzene rings is 1. The molecule has 5 rings (SSSR count). The van der Waals surface area contributed by atoms with Crippen molar-refractivity contribution in [1.82, 2.24) is 14.8 Å². The molecule has 2 saturated heterocycles. The van der Waals surface area contributed by atoms with Gasteiger partial charge >= 0.3 is 6.03 Å². The Morgan fingerprint density at radius 2 is 1.76 bits per heavy atom. The molecule has 1 unspecified atom stereocenters. The summed E-state index contributed by atoms with van der Waals surface area (Å²) in [5, 5.41) is 3.34. The molecule has 0 saturated carbocycles. The number of nitrogens with zero attached hydrogens (tertiary/aromatic N) is 3. The number of nitrogens with one attached hydrogen (secondary N) is 1. The fourth-order valence-electron chi connectivity index (χ4n) is 5.01. The van der Waals surface area contributed by atoms with Gasteiger partial charge in [0, 0.05) is 36.8 Å². The van der Waals surface area contributed by atoms with Crippen molar-refractivity contribution in [3.8, 4) is 0 Å². The number of fused-ring (bicyclic) bond motifs is 1. The molecule has 3 N–H and O–H groups in total. The average molecular weight is 462 g/mol. The van der Waals surface area contributed by atoms with Crippen LogP contribution in [0, 0.1) is 5.92 Å². The Balaban J connectivity index is 1.19. The third kappa shape index (κ3) is 4.26. The molecule has 1 aromatic carbocycles. The number of pyridine rings is 1. The number of carbonyl (C=O) groups excluding carboxylic acids is 3. The van der Waals surface area contributed by atoms with E-state index in [1.54, 1.807) is 23.2 Å². The lowest BCUT2D eigenvalue weighted by Gasteiger charge is -2.35. The fraction of sp³-hybridized carbons (Fsp3) is 0.360. The van der Waals surface area contributed by atoms with Crippen molar-refractivity contribution < 1.29 is 18.8 Å². The summed E-state index contributed by atoms with van der Waals surface area (Å²) in [5.41, 5.74) is 6.72. The Hall–Kier alpha value is -3.72. The molecule has 2 aromatic heterocycles. The van der Waals surface area contributed by atoms with E-state index in [2.05, 4.69) is 15.2 Å². The van der Waals surface area contributed by atoms with Crippen LogP contribution in [0.15, 0.2) is 53.1 Å². The minimum Gasteiger partial charge on any atom is -0.430 e. The van der Waals surface area contributed by atoms with Crippen LogP contribution in [0.25, 0.3) is 11.1 Å². The van der Waals surface area contributed by atoms with Crippen LogP contribution in [0.3, 0.4) is 0 Å².